The van der Waals surface area contributed by atoms with Gasteiger partial charge in [0, 0.05) is 12.3 Å². The molecule has 2 aliphatic heterocycles. The molecule has 2 saturated heterocycles. The fourth-order valence-corrected chi connectivity index (χ4v) is 3.52. The fourth-order valence-electron chi connectivity index (χ4n) is 2.50. The van der Waals surface area contributed by atoms with Crippen molar-refractivity contribution in [2.24, 2.45) is 5.92 Å². The highest BCUT2D eigenvalue weighted by Crippen LogP contribution is 2.19. The molecule has 0 bridgehead atoms. The van der Waals surface area contributed by atoms with Gasteiger partial charge in [-0.2, -0.15) is 0 Å². The first kappa shape index (κ1) is 14.8. The van der Waals surface area contributed by atoms with E-state index in [1.807, 2.05) is 13.8 Å². The summed E-state index contributed by atoms with van der Waals surface area (Å²) in [6, 6.07) is -0.517. The Bertz CT molecular complexity index is 337. The summed E-state index contributed by atoms with van der Waals surface area (Å²) in [5, 5.41) is 9.11. The molecule has 0 spiro atoms. The zero-order valence-corrected chi connectivity index (χ0v) is 12.4. The van der Waals surface area contributed by atoms with Gasteiger partial charge in [0.1, 0.15) is 5.37 Å². The van der Waals surface area contributed by atoms with Crippen LogP contribution in [0.15, 0.2) is 0 Å². The van der Waals surface area contributed by atoms with E-state index in [1.54, 1.807) is 11.8 Å². The molecule has 0 aromatic heterocycles. The second-order valence-corrected chi connectivity index (χ2v) is 6.70. The molecule has 0 saturated carbocycles. The topological polar surface area (TPSA) is 70.2 Å². The van der Waals surface area contributed by atoms with E-state index in [-0.39, 0.29) is 29.0 Å². The Morgan fingerprint density at radius 1 is 1.26 bits per heavy atom. The van der Waals surface area contributed by atoms with Crippen LogP contribution in [0.2, 0.25) is 0 Å². The first-order chi connectivity index (χ1) is 9.09. The number of thioether (sulfide) groups is 1. The number of hydrogen-bond donors (Lipinski definition) is 3. The van der Waals surface area contributed by atoms with Gasteiger partial charge in [0.25, 0.3) is 0 Å². The molecule has 2 heterocycles. The largest absolute Gasteiger partial charge is 0.345 e. The first-order valence-corrected chi connectivity index (χ1v) is 8.07. The Labute approximate surface area is 118 Å². The van der Waals surface area contributed by atoms with Gasteiger partial charge in [-0.25, -0.2) is 0 Å². The van der Waals surface area contributed by atoms with E-state index in [2.05, 4.69) is 16.0 Å². The number of hydrogen-bond acceptors (Lipinski definition) is 5. The highest BCUT2D eigenvalue weighted by molar-refractivity contribution is 8.00. The average Bonchev–Trinajstić information content (AvgIpc) is 3.05. The van der Waals surface area contributed by atoms with Crippen LogP contribution in [0.25, 0.3) is 0 Å². The van der Waals surface area contributed by atoms with Crippen molar-refractivity contribution in [2.45, 2.75) is 44.1 Å². The van der Waals surface area contributed by atoms with Crippen molar-refractivity contribution in [3.05, 3.63) is 0 Å². The summed E-state index contributed by atoms with van der Waals surface area (Å²) in [4.78, 5) is 24.5. The normalized spacial score (nSPS) is 28.6. The maximum atomic E-state index is 12.4. The molecular weight excluding hydrogens is 262 g/mol. The van der Waals surface area contributed by atoms with Crippen LogP contribution in [0.4, 0.5) is 0 Å². The van der Waals surface area contributed by atoms with Gasteiger partial charge in [0.15, 0.2) is 5.78 Å². The Morgan fingerprint density at radius 3 is 2.58 bits per heavy atom. The minimum atomic E-state index is -0.391. The van der Waals surface area contributed by atoms with Gasteiger partial charge in [0.2, 0.25) is 5.91 Å². The average molecular weight is 285 g/mol. The van der Waals surface area contributed by atoms with Crippen molar-refractivity contribution in [1.29, 1.82) is 0 Å². The van der Waals surface area contributed by atoms with Gasteiger partial charge in [-0.15, -0.1) is 11.8 Å². The van der Waals surface area contributed by atoms with Crippen LogP contribution in [0.3, 0.4) is 0 Å². The summed E-state index contributed by atoms with van der Waals surface area (Å²) in [5.41, 5.74) is 0. The van der Waals surface area contributed by atoms with Crippen molar-refractivity contribution in [3.63, 3.8) is 0 Å². The third-order valence-corrected chi connectivity index (χ3v) is 4.79. The molecule has 19 heavy (non-hydrogen) atoms. The first-order valence-electron chi connectivity index (χ1n) is 7.02. The number of Topliss-reactive ketones (excluding diaryl/α,β-unsaturated/α-hetero) is 1. The molecule has 0 aromatic carbocycles. The number of rotatable bonds is 5. The monoisotopic (exact) mass is 285 g/mol. The van der Waals surface area contributed by atoms with Gasteiger partial charge in [-0.3, -0.25) is 14.9 Å². The van der Waals surface area contributed by atoms with Crippen LogP contribution in [0.1, 0.15) is 26.7 Å². The highest BCUT2D eigenvalue weighted by atomic mass is 32.2. The third kappa shape index (κ3) is 3.70. The molecule has 2 aliphatic rings. The highest BCUT2D eigenvalue weighted by Gasteiger charge is 2.34. The molecule has 1 unspecified atom stereocenters. The van der Waals surface area contributed by atoms with E-state index in [4.69, 9.17) is 0 Å². The van der Waals surface area contributed by atoms with Crippen LogP contribution < -0.4 is 16.0 Å². The molecule has 6 heteroatoms. The standard InChI is InChI=1S/C13H23N3O2S/c1-8(2)10(11(17)13-15-6-7-19-13)16-12(18)9-4-3-5-14-9/h8-10,13-15H,3-7H2,1-2H3,(H,16,18)/t9-,10-,13?/m0/s1. The van der Waals surface area contributed by atoms with Gasteiger partial charge < -0.3 is 10.6 Å². The Balaban J connectivity index is 1.94. The van der Waals surface area contributed by atoms with Crippen LogP contribution in [-0.4, -0.2) is 48.0 Å². The van der Waals surface area contributed by atoms with Crippen molar-refractivity contribution in [3.8, 4) is 0 Å². The lowest BCUT2D eigenvalue weighted by Gasteiger charge is -2.25. The van der Waals surface area contributed by atoms with E-state index < -0.39 is 6.04 Å². The van der Waals surface area contributed by atoms with E-state index in [0.717, 1.165) is 31.7 Å². The summed E-state index contributed by atoms with van der Waals surface area (Å²) in [5.74, 6) is 1.14. The zero-order valence-electron chi connectivity index (χ0n) is 11.6. The minimum absolute atomic E-state index is 0.0347. The molecule has 3 atom stereocenters. The van der Waals surface area contributed by atoms with E-state index in [1.165, 1.54) is 0 Å². The number of carbonyl (C=O) groups excluding carboxylic acids is 2. The van der Waals surface area contributed by atoms with Crippen LogP contribution in [0, 0.1) is 5.92 Å². The molecule has 2 rings (SSSR count). The van der Waals surface area contributed by atoms with Gasteiger partial charge in [0.05, 0.1) is 12.1 Å². The third-order valence-electron chi connectivity index (χ3n) is 3.62. The second-order valence-electron chi connectivity index (χ2n) is 5.49. The fraction of sp³-hybridized carbons (Fsp3) is 0.846. The minimum Gasteiger partial charge on any atom is -0.345 e. The quantitative estimate of drug-likeness (QED) is 0.669. The van der Waals surface area contributed by atoms with Crippen LogP contribution in [0.5, 0.6) is 0 Å². The maximum Gasteiger partial charge on any atom is 0.237 e. The van der Waals surface area contributed by atoms with Crippen molar-refractivity contribution < 1.29 is 9.59 Å². The van der Waals surface area contributed by atoms with Crippen molar-refractivity contribution >= 4 is 23.5 Å². The van der Waals surface area contributed by atoms with Crippen molar-refractivity contribution in [1.82, 2.24) is 16.0 Å². The van der Waals surface area contributed by atoms with E-state index >= 15 is 0 Å². The lowest BCUT2D eigenvalue weighted by atomic mass is 9.99. The van der Waals surface area contributed by atoms with E-state index in [0.29, 0.717) is 0 Å². The molecule has 108 valence electrons. The predicted molar refractivity (Wildman–Crippen MR) is 77.0 cm³/mol. The molecule has 0 radical (unpaired) electrons. The van der Waals surface area contributed by atoms with Gasteiger partial charge in [-0.1, -0.05) is 13.8 Å². The number of ketones is 1. The van der Waals surface area contributed by atoms with Crippen molar-refractivity contribution in [2.75, 3.05) is 18.8 Å². The van der Waals surface area contributed by atoms with Gasteiger partial charge in [-0.05, 0) is 25.3 Å². The number of nitrogens with one attached hydrogen (secondary N) is 3. The lowest BCUT2D eigenvalue weighted by molar-refractivity contribution is -0.129. The summed E-state index contributed by atoms with van der Waals surface area (Å²) in [6.45, 7) is 5.71. The Hall–Kier alpha value is -0.590. The molecule has 3 N–H and O–H groups in total. The SMILES string of the molecule is CC(C)[C@H](NC(=O)[C@@H]1CCCN1)C(=O)C1NCCS1. The maximum absolute atomic E-state index is 12.4. The Morgan fingerprint density at radius 2 is 2.05 bits per heavy atom. The molecule has 5 nitrogen and oxygen atoms in total. The lowest BCUT2D eigenvalue weighted by Crippen LogP contribution is -2.53. The van der Waals surface area contributed by atoms with Gasteiger partial charge >= 0.3 is 0 Å². The van der Waals surface area contributed by atoms with Crippen LogP contribution >= 0.6 is 11.8 Å². The summed E-state index contributed by atoms with van der Waals surface area (Å²) in [7, 11) is 0. The second kappa shape index (κ2) is 6.72. The number of amides is 1. The molecule has 0 aliphatic carbocycles. The zero-order chi connectivity index (χ0) is 13.8. The smallest absolute Gasteiger partial charge is 0.237 e. The Kier molecular flexibility index (Phi) is 5.24. The molecule has 1 amide bonds. The predicted octanol–water partition coefficient (Wildman–Crippen LogP) is 0.111. The number of carbonyl (C=O) groups is 2. The molecule has 0 aromatic rings. The van der Waals surface area contributed by atoms with E-state index in [9.17, 15) is 9.59 Å². The van der Waals surface area contributed by atoms with Crippen LogP contribution in [-0.2, 0) is 9.59 Å². The molecule has 2 fully saturated rings. The summed E-state index contributed by atoms with van der Waals surface area (Å²) < 4.78 is 0. The summed E-state index contributed by atoms with van der Waals surface area (Å²) >= 11 is 1.63. The summed E-state index contributed by atoms with van der Waals surface area (Å²) in [6.07, 6.45) is 1.89. The molecular formula is C13H23N3O2S.